The summed E-state index contributed by atoms with van der Waals surface area (Å²) in [5, 5.41) is 8.37. The second-order valence-corrected chi connectivity index (χ2v) is 6.52. The minimum Gasteiger partial charge on any atom is -0.316 e. The normalized spacial score (nSPS) is 10.8. The van der Waals surface area contributed by atoms with Gasteiger partial charge in [-0.1, -0.05) is 71.5 Å². The Morgan fingerprint density at radius 3 is 2.52 bits per heavy atom. The Morgan fingerprint density at radius 1 is 1.12 bits per heavy atom. The molecular formula is C19H18N4OS. The summed E-state index contributed by atoms with van der Waals surface area (Å²) in [7, 11) is 0. The molecule has 2 N–H and O–H groups in total. The molecule has 1 amide bonds. The van der Waals surface area contributed by atoms with Gasteiger partial charge in [-0.15, -0.1) is 0 Å². The number of hydrazone groups is 1. The van der Waals surface area contributed by atoms with E-state index < -0.39 is 0 Å². The Morgan fingerprint density at radius 2 is 1.84 bits per heavy atom. The summed E-state index contributed by atoms with van der Waals surface area (Å²) >= 11 is 1.35. The molecule has 5 nitrogen and oxygen atoms in total. The molecule has 126 valence electrons. The second-order valence-electron chi connectivity index (χ2n) is 5.52. The summed E-state index contributed by atoms with van der Waals surface area (Å²) in [5.74, 6) is -0.128. The molecule has 0 fully saturated rings. The molecule has 0 saturated heterocycles. The predicted octanol–water partition coefficient (Wildman–Crippen LogP) is 4.52. The molecule has 3 aromatic rings. The number of amides is 1. The van der Waals surface area contributed by atoms with Gasteiger partial charge in [0.2, 0.25) is 11.0 Å². The van der Waals surface area contributed by atoms with Gasteiger partial charge in [0.15, 0.2) is 0 Å². The molecule has 1 aromatic heterocycles. The molecule has 0 aliphatic rings. The number of hydrogen-bond donors (Lipinski definition) is 2. The van der Waals surface area contributed by atoms with E-state index >= 15 is 0 Å². The molecule has 2 aromatic carbocycles. The van der Waals surface area contributed by atoms with Crippen molar-refractivity contribution < 1.29 is 4.79 Å². The van der Waals surface area contributed by atoms with Crippen LogP contribution in [0.2, 0.25) is 0 Å². The van der Waals surface area contributed by atoms with Gasteiger partial charge in [0.25, 0.3) is 0 Å². The first kappa shape index (κ1) is 16.9. The molecule has 25 heavy (non-hydrogen) atoms. The van der Waals surface area contributed by atoms with Crippen molar-refractivity contribution >= 4 is 33.6 Å². The number of hydrogen-bond acceptors (Lipinski definition) is 5. The number of anilines is 2. The smallest absolute Gasteiger partial charge is 0.221 e. The van der Waals surface area contributed by atoms with E-state index in [1.54, 1.807) is 6.21 Å². The second kappa shape index (κ2) is 7.72. The molecule has 0 atom stereocenters. The van der Waals surface area contributed by atoms with Crippen LogP contribution in [0, 0.1) is 6.92 Å². The molecule has 0 aliphatic heterocycles. The number of nitrogens with zero attached hydrogens (tertiary/aromatic N) is 2. The van der Waals surface area contributed by atoms with Crippen molar-refractivity contribution in [3.05, 3.63) is 65.7 Å². The highest BCUT2D eigenvalue weighted by Crippen LogP contribution is 2.36. The number of thiazole rings is 1. The van der Waals surface area contributed by atoms with Crippen LogP contribution >= 0.6 is 11.3 Å². The summed E-state index contributed by atoms with van der Waals surface area (Å²) in [6, 6.07) is 17.8. The number of nitrogens with one attached hydrogen (secondary N) is 2. The molecule has 0 unspecified atom stereocenters. The van der Waals surface area contributed by atoms with Crippen molar-refractivity contribution in [2.45, 2.75) is 13.8 Å². The van der Waals surface area contributed by atoms with Crippen LogP contribution in [-0.4, -0.2) is 17.1 Å². The molecular weight excluding hydrogens is 332 g/mol. The number of carbonyl (C=O) groups is 1. The van der Waals surface area contributed by atoms with Crippen LogP contribution in [0.1, 0.15) is 18.1 Å². The highest BCUT2D eigenvalue weighted by Gasteiger charge is 2.14. The van der Waals surface area contributed by atoms with Crippen molar-refractivity contribution in [1.29, 1.82) is 0 Å². The van der Waals surface area contributed by atoms with Crippen molar-refractivity contribution in [2.24, 2.45) is 5.10 Å². The standard InChI is InChI=1S/C19H18N4OS/c1-13-8-10-16(11-9-13)17-18(21-14(2)24)25-19(22-17)23-20-12-15-6-4-3-5-7-15/h3-12H,1-2H3,(H,21,24)(H,22,23)/b20-12+. The first-order valence-corrected chi connectivity index (χ1v) is 8.63. The van der Waals surface area contributed by atoms with Crippen molar-refractivity contribution in [2.75, 3.05) is 10.7 Å². The minimum atomic E-state index is -0.128. The van der Waals surface area contributed by atoms with Gasteiger partial charge in [0, 0.05) is 12.5 Å². The van der Waals surface area contributed by atoms with Crippen LogP contribution < -0.4 is 10.7 Å². The van der Waals surface area contributed by atoms with E-state index in [1.165, 1.54) is 23.8 Å². The van der Waals surface area contributed by atoms with Gasteiger partial charge in [-0.2, -0.15) is 5.10 Å². The van der Waals surface area contributed by atoms with Crippen LogP contribution in [0.25, 0.3) is 11.3 Å². The average molecular weight is 350 g/mol. The highest BCUT2D eigenvalue weighted by atomic mass is 32.1. The van der Waals surface area contributed by atoms with Gasteiger partial charge in [-0.05, 0) is 12.5 Å². The number of carbonyl (C=O) groups excluding carboxylic acids is 1. The molecule has 0 radical (unpaired) electrons. The third-order valence-electron chi connectivity index (χ3n) is 3.42. The summed E-state index contributed by atoms with van der Waals surface area (Å²) in [6.45, 7) is 3.52. The Hall–Kier alpha value is -2.99. The van der Waals surface area contributed by atoms with E-state index in [-0.39, 0.29) is 5.91 Å². The Balaban J connectivity index is 1.84. The fourth-order valence-corrected chi connectivity index (χ4v) is 3.10. The molecule has 0 spiro atoms. The number of aryl methyl sites for hydroxylation is 1. The average Bonchev–Trinajstić information content (AvgIpc) is 2.98. The number of benzene rings is 2. The van der Waals surface area contributed by atoms with Gasteiger partial charge in [0.05, 0.1) is 6.21 Å². The summed E-state index contributed by atoms with van der Waals surface area (Å²) < 4.78 is 0. The maximum atomic E-state index is 11.5. The van der Waals surface area contributed by atoms with E-state index in [2.05, 4.69) is 20.8 Å². The molecule has 0 aliphatic carbocycles. The zero-order chi connectivity index (χ0) is 17.6. The Kier molecular flexibility index (Phi) is 5.20. The maximum Gasteiger partial charge on any atom is 0.221 e. The maximum absolute atomic E-state index is 11.5. The molecule has 6 heteroatoms. The molecule has 0 saturated carbocycles. The van der Waals surface area contributed by atoms with E-state index in [0.717, 1.165) is 16.8 Å². The van der Waals surface area contributed by atoms with Gasteiger partial charge in [-0.3, -0.25) is 10.2 Å². The first-order valence-electron chi connectivity index (χ1n) is 7.81. The zero-order valence-corrected chi connectivity index (χ0v) is 14.8. The SMILES string of the molecule is CC(=O)Nc1sc(N/N=C/c2ccccc2)nc1-c1ccc(C)cc1. The van der Waals surface area contributed by atoms with Crippen molar-refractivity contribution in [3.8, 4) is 11.3 Å². The zero-order valence-electron chi connectivity index (χ0n) is 14.0. The third kappa shape index (κ3) is 4.51. The fraction of sp³-hybridized carbons (Fsp3) is 0.105. The number of rotatable bonds is 5. The lowest BCUT2D eigenvalue weighted by Gasteiger charge is -2.02. The van der Waals surface area contributed by atoms with Gasteiger partial charge >= 0.3 is 0 Å². The predicted molar refractivity (Wildman–Crippen MR) is 104 cm³/mol. The topological polar surface area (TPSA) is 66.4 Å². The van der Waals surface area contributed by atoms with Crippen LogP contribution in [-0.2, 0) is 4.79 Å². The van der Waals surface area contributed by atoms with E-state index in [1.807, 2.05) is 61.5 Å². The van der Waals surface area contributed by atoms with Crippen LogP contribution in [0.3, 0.4) is 0 Å². The quantitative estimate of drug-likeness (QED) is 0.525. The fourth-order valence-electron chi connectivity index (χ4n) is 2.22. The Bertz CT molecular complexity index is 886. The van der Waals surface area contributed by atoms with Crippen molar-refractivity contribution in [1.82, 2.24) is 4.98 Å². The molecule has 3 rings (SSSR count). The van der Waals surface area contributed by atoms with Crippen LogP contribution in [0.5, 0.6) is 0 Å². The van der Waals surface area contributed by atoms with Gasteiger partial charge in [0.1, 0.15) is 10.7 Å². The summed E-state index contributed by atoms with van der Waals surface area (Å²) in [6.07, 6.45) is 1.73. The van der Waals surface area contributed by atoms with Crippen LogP contribution in [0.4, 0.5) is 10.1 Å². The highest BCUT2D eigenvalue weighted by molar-refractivity contribution is 7.20. The van der Waals surface area contributed by atoms with Crippen LogP contribution in [0.15, 0.2) is 59.7 Å². The first-order chi connectivity index (χ1) is 12.1. The van der Waals surface area contributed by atoms with Gasteiger partial charge < -0.3 is 5.32 Å². The van der Waals surface area contributed by atoms with Crippen molar-refractivity contribution in [3.63, 3.8) is 0 Å². The molecule has 1 heterocycles. The third-order valence-corrected chi connectivity index (χ3v) is 4.29. The van der Waals surface area contributed by atoms with E-state index in [4.69, 9.17) is 0 Å². The molecule has 0 bridgehead atoms. The lowest BCUT2D eigenvalue weighted by atomic mass is 10.1. The number of aromatic nitrogens is 1. The summed E-state index contributed by atoms with van der Waals surface area (Å²) in [5.41, 5.74) is 6.78. The van der Waals surface area contributed by atoms with E-state index in [0.29, 0.717) is 10.1 Å². The van der Waals surface area contributed by atoms with E-state index in [9.17, 15) is 4.79 Å². The largest absolute Gasteiger partial charge is 0.316 e. The summed E-state index contributed by atoms with van der Waals surface area (Å²) in [4.78, 5) is 16.1. The Labute approximate surface area is 150 Å². The lowest BCUT2D eigenvalue weighted by Crippen LogP contribution is -2.05. The minimum absolute atomic E-state index is 0.128. The lowest BCUT2D eigenvalue weighted by molar-refractivity contribution is -0.114. The van der Waals surface area contributed by atoms with Gasteiger partial charge in [-0.25, -0.2) is 4.98 Å². The monoisotopic (exact) mass is 350 g/mol.